The highest BCUT2D eigenvalue weighted by atomic mass is 14.5. The van der Waals surface area contributed by atoms with Gasteiger partial charge in [-0.25, -0.2) is 0 Å². The molecule has 3 rings (SSSR count). The van der Waals surface area contributed by atoms with Gasteiger partial charge in [0.2, 0.25) is 0 Å². The SMILES string of the molecule is NCCC#Cc1ccc2c(c1)Cc1ccccc1-2. The molecule has 0 spiro atoms. The molecule has 0 saturated carbocycles. The Hall–Kier alpha value is -2.04. The highest BCUT2D eigenvalue weighted by molar-refractivity contribution is 5.77. The standard InChI is InChI=1S/C17H15N/c18-10-4-3-5-13-8-9-17-15(11-13)12-14-6-1-2-7-16(14)17/h1-2,6-9,11H,4,10,12,18H2. The lowest BCUT2D eigenvalue weighted by Gasteiger charge is -2.00. The molecule has 0 atom stereocenters. The first-order valence-corrected chi connectivity index (χ1v) is 6.28. The second-order valence-corrected chi connectivity index (χ2v) is 4.55. The molecule has 18 heavy (non-hydrogen) atoms. The molecule has 2 aromatic carbocycles. The Morgan fingerprint density at radius 1 is 1.00 bits per heavy atom. The van der Waals surface area contributed by atoms with Crippen molar-refractivity contribution in [1.82, 2.24) is 0 Å². The first-order chi connectivity index (χ1) is 8.88. The van der Waals surface area contributed by atoms with E-state index in [1.54, 1.807) is 0 Å². The van der Waals surface area contributed by atoms with E-state index >= 15 is 0 Å². The van der Waals surface area contributed by atoms with E-state index in [1.165, 1.54) is 22.3 Å². The van der Waals surface area contributed by atoms with Gasteiger partial charge in [0.25, 0.3) is 0 Å². The maximum Gasteiger partial charge on any atom is 0.0248 e. The van der Waals surface area contributed by atoms with Crippen molar-refractivity contribution in [2.75, 3.05) is 6.54 Å². The van der Waals surface area contributed by atoms with E-state index in [1.807, 2.05) is 0 Å². The molecule has 0 bridgehead atoms. The third kappa shape index (κ3) is 1.92. The summed E-state index contributed by atoms with van der Waals surface area (Å²) in [5.74, 6) is 6.26. The van der Waals surface area contributed by atoms with Gasteiger partial charge in [-0.1, -0.05) is 42.2 Å². The fourth-order valence-electron chi connectivity index (χ4n) is 2.46. The van der Waals surface area contributed by atoms with Crippen LogP contribution in [0.4, 0.5) is 0 Å². The van der Waals surface area contributed by atoms with Crippen LogP contribution < -0.4 is 5.73 Å². The summed E-state index contributed by atoms with van der Waals surface area (Å²) < 4.78 is 0. The van der Waals surface area contributed by atoms with E-state index in [0.29, 0.717) is 6.54 Å². The third-order valence-electron chi connectivity index (χ3n) is 3.30. The molecule has 0 aromatic heterocycles. The Balaban J connectivity index is 1.97. The summed E-state index contributed by atoms with van der Waals surface area (Å²) in [6, 6.07) is 15.1. The molecule has 2 N–H and O–H groups in total. The van der Waals surface area contributed by atoms with Crippen LogP contribution in [0.5, 0.6) is 0 Å². The normalized spacial score (nSPS) is 11.4. The van der Waals surface area contributed by atoms with E-state index in [4.69, 9.17) is 5.73 Å². The van der Waals surface area contributed by atoms with Crippen LogP contribution in [-0.4, -0.2) is 6.54 Å². The first kappa shape index (κ1) is 11.1. The summed E-state index contributed by atoms with van der Waals surface area (Å²) in [7, 11) is 0. The summed E-state index contributed by atoms with van der Waals surface area (Å²) in [4.78, 5) is 0. The van der Waals surface area contributed by atoms with Gasteiger partial charge in [-0.2, -0.15) is 0 Å². The second kappa shape index (κ2) is 4.68. The Morgan fingerprint density at radius 3 is 2.72 bits per heavy atom. The van der Waals surface area contributed by atoms with Crippen LogP contribution in [0.3, 0.4) is 0 Å². The molecule has 2 aromatic rings. The van der Waals surface area contributed by atoms with Crippen LogP contribution in [-0.2, 0) is 6.42 Å². The van der Waals surface area contributed by atoms with Crippen molar-refractivity contribution < 1.29 is 0 Å². The molecule has 0 amide bonds. The van der Waals surface area contributed by atoms with Gasteiger partial charge < -0.3 is 5.73 Å². The average Bonchev–Trinajstić information content (AvgIpc) is 2.76. The zero-order chi connectivity index (χ0) is 12.4. The van der Waals surface area contributed by atoms with Crippen molar-refractivity contribution in [1.29, 1.82) is 0 Å². The van der Waals surface area contributed by atoms with Gasteiger partial charge in [-0.15, -0.1) is 0 Å². The van der Waals surface area contributed by atoms with Gasteiger partial charge in [-0.05, 0) is 40.8 Å². The molecule has 0 fully saturated rings. The van der Waals surface area contributed by atoms with Crippen molar-refractivity contribution in [2.24, 2.45) is 5.73 Å². The Bertz CT molecular complexity index is 644. The van der Waals surface area contributed by atoms with E-state index < -0.39 is 0 Å². The zero-order valence-corrected chi connectivity index (χ0v) is 10.2. The van der Waals surface area contributed by atoms with E-state index in [9.17, 15) is 0 Å². The zero-order valence-electron chi connectivity index (χ0n) is 10.2. The number of rotatable bonds is 1. The molecule has 1 nitrogen and oxygen atoms in total. The minimum Gasteiger partial charge on any atom is -0.330 e. The Morgan fingerprint density at radius 2 is 1.83 bits per heavy atom. The molecule has 0 radical (unpaired) electrons. The second-order valence-electron chi connectivity index (χ2n) is 4.55. The lowest BCUT2D eigenvalue weighted by Crippen LogP contribution is -1.95. The number of benzene rings is 2. The van der Waals surface area contributed by atoms with Crippen molar-refractivity contribution in [3.8, 4) is 23.0 Å². The van der Waals surface area contributed by atoms with Crippen LogP contribution in [0, 0.1) is 11.8 Å². The minimum atomic E-state index is 0.628. The topological polar surface area (TPSA) is 26.0 Å². The Labute approximate surface area is 108 Å². The molecular formula is C17H15N. The molecule has 0 aliphatic heterocycles. The summed E-state index contributed by atoms with van der Waals surface area (Å²) in [6.07, 6.45) is 1.79. The summed E-state index contributed by atoms with van der Waals surface area (Å²) in [5, 5.41) is 0. The van der Waals surface area contributed by atoms with Gasteiger partial charge in [-0.3, -0.25) is 0 Å². The average molecular weight is 233 g/mol. The molecular weight excluding hydrogens is 218 g/mol. The van der Waals surface area contributed by atoms with Gasteiger partial charge in [0.1, 0.15) is 0 Å². The van der Waals surface area contributed by atoms with Gasteiger partial charge in [0, 0.05) is 18.5 Å². The van der Waals surface area contributed by atoms with Crippen molar-refractivity contribution in [3.63, 3.8) is 0 Å². The number of fused-ring (bicyclic) bond motifs is 3. The van der Waals surface area contributed by atoms with E-state index in [0.717, 1.165) is 18.4 Å². The lowest BCUT2D eigenvalue weighted by molar-refractivity contribution is 1.03. The number of hydrogen-bond acceptors (Lipinski definition) is 1. The largest absolute Gasteiger partial charge is 0.330 e. The molecule has 88 valence electrons. The number of hydrogen-bond donors (Lipinski definition) is 1. The van der Waals surface area contributed by atoms with Crippen molar-refractivity contribution in [3.05, 3.63) is 59.2 Å². The van der Waals surface area contributed by atoms with Crippen molar-refractivity contribution in [2.45, 2.75) is 12.8 Å². The van der Waals surface area contributed by atoms with Crippen molar-refractivity contribution >= 4 is 0 Å². The fourth-order valence-corrected chi connectivity index (χ4v) is 2.46. The predicted molar refractivity (Wildman–Crippen MR) is 75.2 cm³/mol. The third-order valence-corrected chi connectivity index (χ3v) is 3.30. The molecule has 0 unspecified atom stereocenters. The van der Waals surface area contributed by atoms with Crippen LogP contribution >= 0.6 is 0 Å². The molecule has 0 heterocycles. The first-order valence-electron chi connectivity index (χ1n) is 6.28. The van der Waals surface area contributed by atoms with Crippen LogP contribution in [0.15, 0.2) is 42.5 Å². The number of nitrogens with two attached hydrogens (primary N) is 1. The smallest absolute Gasteiger partial charge is 0.0248 e. The quantitative estimate of drug-likeness (QED) is 0.642. The van der Waals surface area contributed by atoms with Crippen LogP contribution in [0.2, 0.25) is 0 Å². The van der Waals surface area contributed by atoms with E-state index in [2.05, 4.69) is 54.3 Å². The maximum atomic E-state index is 5.44. The predicted octanol–water partition coefficient (Wildman–Crippen LogP) is 2.96. The van der Waals surface area contributed by atoms with E-state index in [-0.39, 0.29) is 0 Å². The highest BCUT2D eigenvalue weighted by Crippen LogP contribution is 2.36. The molecule has 0 saturated heterocycles. The van der Waals surface area contributed by atoms with Gasteiger partial charge >= 0.3 is 0 Å². The molecule has 1 heteroatoms. The fraction of sp³-hybridized carbons (Fsp3) is 0.176. The van der Waals surface area contributed by atoms with Gasteiger partial charge in [0.15, 0.2) is 0 Å². The molecule has 1 aliphatic carbocycles. The monoisotopic (exact) mass is 233 g/mol. The molecule has 1 aliphatic rings. The summed E-state index contributed by atoms with van der Waals surface area (Å²) >= 11 is 0. The Kier molecular flexibility index (Phi) is 2.88. The van der Waals surface area contributed by atoms with Crippen LogP contribution in [0.25, 0.3) is 11.1 Å². The highest BCUT2D eigenvalue weighted by Gasteiger charge is 2.17. The lowest BCUT2D eigenvalue weighted by atomic mass is 10.0. The van der Waals surface area contributed by atoms with Gasteiger partial charge in [0.05, 0.1) is 0 Å². The summed E-state index contributed by atoms with van der Waals surface area (Å²) in [6.45, 7) is 0.628. The maximum absolute atomic E-state index is 5.44. The summed E-state index contributed by atoms with van der Waals surface area (Å²) in [5.41, 5.74) is 12.1. The minimum absolute atomic E-state index is 0.628. The van der Waals surface area contributed by atoms with Crippen LogP contribution in [0.1, 0.15) is 23.1 Å².